The van der Waals surface area contributed by atoms with Gasteiger partial charge in [-0.05, 0) is 13.8 Å². The number of aryl methyl sites for hydroxylation is 2. The predicted octanol–water partition coefficient (Wildman–Crippen LogP) is 2.17. The number of hydrogen-bond acceptors (Lipinski definition) is 6. The van der Waals surface area contributed by atoms with Crippen LogP contribution in [0.2, 0.25) is 0 Å². The van der Waals surface area contributed by atoms with Gasteiger partial charge < -0.3 is 10.4 Å². The Morgan fingerprint density at radius 2 is 2.00 bits per heavy atom. The van der Waals surface area contributed by atoms with Gasteiger partial charge in [0.25, 0.3) is 0 Å². The average molecular weight is 277 g/mol. The van der Waals surface area contributed by atoms with E-state index in [0.717, 1.165) is 10.7 Å². The number of hydrogen-bond donors (Lipinski definition) is 0. The van der Waals surface area contributed by atoms with Crippen LogP contribution in [0.3, 0.4) is 0 Å². The second-order valence-electron chi connectivity index (χ2n) is 2.99. The third kappa shape index (κ3) is 3.19. The molecule has 2 aromatic heterocycles. The molecule has 16 heavy (non-hydrogen) atoms. The van der Waals surface area contributed by atoms with E-state index in [9.17, 15) is 5.21 Å². The van der Waals surface area contributed by atoms with E-state index in [1.165, 1.54) is 22.7 Å². The molecule has 2 aromatic rings. The monoisotopic (exact) mass is 277 g/mol. The summed E-state index contributed by atoms with van der Waals surface area (Å²) in [5, 5.41) is 19.0. The van der Waals surface area contributed by atoms with Crippen molar-refractivity contribution in [3.05, 3.63) is 37.4 Å². The Bertz CT molecular complexity index is 464. The molecule has 2 rings (SSSR count). The van der Waals surface area contributed by atoms with E-state index in [0.29, 0.717) is 16.4 Å². The standard InChI is InChI=1S/C9H9N3OS2.K/c1-5-3-15-9(10-5)8(12-13)7-4-14-6(2)11-7;/h3-4,13H,1-2H3;/p-1/b12-8-;. The Balaban J connectivity index is 0.00000128. The first-order chi connectivity index (χ1) is 7.20. The molecule has 0 atom stereocenters. The second-order valence-corrected chi connectivity index (χ2v) is 4.91. The molecule has 4 nitrogen and oxygen atoms in total. The van der Waals surface area contributed by atoms with Gasteiger partial charge in [-0.2, -0.15) is 0 Å². The third-order valence-electron chi connectivity index (χ3n) is 1.77. The molecule has 7 heteroatoms. The predicted molar refractivity (Wildman–Crippen MR) is 68.5 cm³/mol. The number of nitrogens with zero attached hydrogens (tertiary/aromatic N) is 3. The molecule has 0 bridgehead atoms. The van der Waals surface area contributed by atoms with Crippen molar-refractivity contribution in [2.75, 3.05) is 0 Å². The SMILES string of the molecule is Cc1csc(/C(=N\[O-])c2csc(C)n2)n1.[K]. The molecule has 79 valence electrons. The molecule has 2 heterocycles. The van der Waals surface area contributed by atoms with E-state index < -0.39 is 0 Å². The van der Waals surface area contributed by atoms with Crippen LogP contribution in [0.15, 0.2) is 15.9 Å². The first-order valence-corrected chi connectivity index (χ1v) is 6.02. The molecule has 0 aromatic carbocycles. The molecule has 1 radical (unpaired) electrons. The van der Waals surface area contributed by atoms with Crippen molar-refractivity contribution in [2.45, 2.75) is 13.8 Å². The summed E-state index contributed by atoms with van der Waals surface area (Å²) in [5.74, 6) is 0. The Hall–Kier alpha value is 0.366. The molecule has 0 spiro atoms. The van der Waals surface area contributed by atoms with Crippen molar-refractivity contribution < 1.29 is 0 Å². The van der Waals surface area contributed by atoms with Crippen LogP contribution in [0.4, 0.5) is 0 Å². The van der Waals surface area contributed by atoms with Gasteiger partial charge in [-0.25, -0.2) is 9.97 Å². The van der Waals surface area contributed by atoms with Crippen molar-refractivity contribution >= 4 is 79.8 Å². The first-order valence-electron chi connectivity index (χ1n) is 4.26. The van der Waals surface area contributed by atoms with Crippen LogP contribution in [-0.4, -0.2) is 67.1 Å². The Kier molecular flexibility index (Phi) is 5.72. The van der Waals surface area contributed by atoms with Crippen LogP contribution < -0.4 is 0 Å². The van der Waals surface area contributed by atoms with Gasteiger partial charge in [-0.1, -0.05) is 0 Å². The van der Waals surface area contributed by atoms with E-state index in [1.54, 1.807) is 0 Å². The fraction of sp³-hybridized carbons (Fsp3) is 0.222. The average Bonchev–Trinajstić information content (AvgIpc) is 2.78. The van der Waals surface area contributed by atoms with Gasteiger partial charge >= 0.3 is 0 Å². The molecule has 0 amide bonds. The molecule has 0 aliphatic heterocycles. The van der Waals surface area contributed by atoms with E-state index in [2.05, 4.69) is 15.1 Å². The van der Waals surface area contributed by atoms with E-state index in [1.807, 2.05) is 24.6 Å². The van der Waals surface area contributed by atoms with Gasteiger partial charge in [0.05, 0.1) is 5.01 Å². The topological polar surface area (TPSA) is 61.2 Å². The zero-order chi connectivity index (χ0) is 10.8. The fourth-order valence-electron chi connectivity index (χ4n) is 1.13. The second kappa shape index (κ2) is 6.34. The minimum Gasteiger partial charge on any atom is -0.791 e. The summed E-state index contributed by atoms with van der Waals surface area (Å²) in [5.41, 5.74) is 1.84. The summed E-state index contributed by atoms with van der Waals surface area (Å²) in [7, 11) is 0. The van der Waals surface area contributed by atoms with E-state index in [4.69, 9.17) is 0 Å². The summed E-state index contributed by atoms with van der Waals surface area (Å²) in [6.07, 6.45) is 0. The maximum absolute atomic E-state index is 10.8. The zero-order valence-corrected chi connectivity index (χ0v) is 14.0. The van der Waals surface area contributed by atoms with E-state index >= 15 is 0 Å². The Morgan fingerprint density at radius 3 is 2.44 bits per heavy atom. The van der Waals surface area contributed by atoms with Gasteiger partial charge in [-0.15, -0.1) is 22.7 Å². The van der Waals surface area contributed by atoms with Crippen LogP contribution in [0.1, 0.15) is 21.4 Å². The van der Waals surface area contributed by atoms with Crippen LogP contribution in [-0.2, 0) is 0 Å². The Labute approximate surface area is 144 Å². The van der Waals surface area contributed by atoms with Crippen molar-refractivity contribution in [2.24, 2.45) is 5.16 Å². The zero-order valence-electron chi connectivity index (χ0n) is 9.22. The van der Waals surface area contributed by atoms with Crippen LogP contribution in [0, 0.1) is 19.1 Å². The minimum atomic E-state index is 0. The normalized spacial score (nSPS) is 11.2. The van der Waals surface area contributed by atoms with Crippen molar-refractivity contribution in [3.8, 4) is 0 Å². The molecule has 0 aliphatic rings. The van der Waals surface area contributed by atoms with Crippen LogP contribution in [0.25, 0.3) is 0 Å². The number of rotatable bonds is 2. The number of aromatic nitrogens is 2. The summed E-state index contributed by atoms with van der Waals surface area (Å²) >= 11 is 2.90. The summed E-state index contributed by atoms with van der Waals surface area (Å²) in [4.78, 5) is 8.44. The van der Waals surface area contributed by atoms with Crippen molar-refractivity contribution in [3.63, 3.8) is 0 Å². The summed E-state index contributed by atoms with van der Waals surface area (Å²) in [6, 6.07) is 0. The van der Waals surface area contributed by atoms with Gasteiger partial charge in [0, 0.05) is 67.8 Å². The van der Waals surface area contributed by atoms with Gasteiger partial charge in [0.1, 0.15) is 16.4 Å². The first kappa shape index (κ1) is 14.4. The molecule has 0 fully saturated rings. The third-order valence-corrected chi connectivity index (χ3v) is 3.51. The molecule has 0 N–H and O–H groups in total. The van der Waals surface area contributed by atoms with Gasteiger partial charge in [-0.3, -0.25) is 0 Å². The molecule has 0 saturated carbocycles. The smallest absolute Gasteiger partial charge is 0.143 e. The Morgan fingerprint density at radius 1 is 1.25 bits per heavy atom. The quantitative estimate of drug-likeness (QED) is 0.480. The maximum Gasteiger partial charge on any atom is 0.143 e. The van der Waals surface area contributed by atoms with E-state index in [-0.39, 0.29) is 51.4 Å². The number of thiazole rings is 2. The summed E-state index contributed by atoms with van der Waals surface area (Å²) < 4.78 is 0. The maximum atomic E-state index is 10.8. The minimum absolute atomic E-state index is 0. The molecular weight excluding hydrogens is 269 g/mol. The van der Waals surface area contributed by atoms with Gasteiger partial charge in [0.2, 0.25) is 0 Å². The van der Waals surface area contributed by atoms with Crippen LogP contribution >= 0.6 is 22.7 Å². The molecule has 0 unspecified atom stereocenters. The van der Waals surface area contributed by atoms with Crippen LogP contribution in [0.5, 0.6) is 0 Å². The van der Waals surface area contributed by atoms with Crippen molar-refractivity contribution in [1.29, 1.82) is 0 Å². The van der Waals surface area contributed by atoms with Crippen molar-refractivity contribution in [1.82, 2.24) is 9.97 Å². The van der Waals surface area contributed by atoms with Gasteiger partial charge in [0.15, 0.2) is 0 Å². The summed E-state index contributed by atoms with van der Waals surface area (Å²) in [6.45, 7) is 3.78. The largest absolute Gasteiger partial charge is 0.791 e. The fourth-order valence-corrected chi connectivity index (χ4v) is 2.51. The molecule has 0 aliphatic carbocycles. The molecular formula is C9H8KN3OS2-. The molecule has 0 saturated heterocycles.